The Labute approximate surface area is 122 Å². The molecule has 1 aliphatic heterocycles. The third-order valence-electron chi connectivity index (χ3n) is 3.42. The summed E-state index contributed by atoms with van der Waals surface area (Å²) in [5, 5.41) is 4.20. The Hall–Kier alpha value is -0.390. The molecule has 3 unspecified atom stereocenters. The van der Waals surface area contributed by atoms with E-state index in [0.717, 1.165) is 11.3 Å². The van der Waals surface area contributed by atoms with Gasteiger partial charge in [0.15, 0.2) is 0 Å². The molecule has 0 radical (unpaired) electrons. The maximum atomic E-state index is 14.2. The summed E-state index contributed by atoms with van der Waals surface area (Å²) in [5.41, 5.74) is 0.732. The maximum Gasteiger partial charge on any atom is 0.131 e. The lowest BCUT2D eigenvalue weighted by Crippen LogP contribution is -2.36. The van der Waals surface area contributed by atoms with Crippen molar-refractivity contribution in [2.24, 2.45) is 0 Å². The highest BCUT2D eigenvalue weighted by Crippen LogP contribution is 2.39. The van der Waals surface area contributed by atoms with Crippen LogP contribution in [-0.4, -0.2) is 36.2 Å². The van der Waals surface area contributed by atoms with Crippen LogP contribution in [0.3, 0.4) is 0 Å². The number of rotatable bonds is 4. The largest absolute Gasteiger partial charge is 0.497 e. The van der Waals surface area contributed by atoms with Gasteiger partial charge in [0.05, 0.1) is 7.11 Å². The molecule has 1 aliphatic rings. The first-order valence-corrected chi connectivity index (χ1v) is 8.51. The number of benzene rings is 1. The van der Waals surface area contributed by atoms with E-state index in [1.54, 1.807) is 7.11 Å². The molecule has 1 heterocycles. The van der Waals surface area contributed by atoms with Crippen molar-refractivity contribution < 1.29 is 9.13 Å². The minimum absolute atomic E-state index is 0.0405. The molecule has 2 rings (SSSR count). The Morgan fingerprint density at radius 1 is 1.37 bits per heavy atom. The minimum Gasteiger partial charge on any atom is -0.497 e. The average Bonchev–Trinajstić information content (AvgIpc) is 2.43. The Morgan fingerprint density at radius 3 is 2.68 bits per heavy atom. The zero-order valence-electron chi connectivity index (χ0n) is 11.5. The maximum absolute atomic E-state index is 14.2. The van der Waals surface area contributed by atoms with E-state index in [1.165, 1.54) is 11.8 Å². The number of hydrogen-bond donors (Lipinski definition) is 1. The van der Waals surface area contributed by atoms with E-state index >= 15 is 0 Å². The predicted molar refractivity (Wildman–Crippen MR) is 82.9 cm³/mol. The van der Waals surface area contributed by atoms with Gasteiger partial charge in [0, 0.05) is 39.7 Å². The molecule has 3 atom stereocenters. The molecule has 1 aromatic carbocycles. The molecule has 1 aromatic rings. The van der Waals surface area contributed by atoms with E-state index < -0.39 is 0 Å². The van der Waals surface area contributed by atoms with Crippen molar-refractivity contribution in [3.63, 3.8) is 0 Å². The van der Waals surface area contributed by atoms with Gasteiger partial charge in [-0.1, -0.05) is 13.0 Å². The highest BCUT2D eigenvalue weighted by molar-refractivity contribution is 8.07. The summed E-state index contributed by atoms with van der Waals surface area (Å²) in [4.78, 5) is 0. The summed E-state index contributed by atoms with van der Waals surface area (Å²) in [6.07, 6.45) is 0. The monoisotopic (exact) mass is 301 g/mol. The summed E-state index contributed by atoms with van der Waals surface area (Å²) < 4.78 is 19.3. The second-order valence-electron chi connectivity index (χ2n) is 4.57. The van der Waals surface area contributed by atoms with Gasteiger partial charge >= 0.3 is 0 Å². The third-order valence-corrected chi connectivity index (χ3v) is 6.61. The molecule has 0 bridgehead atoms. The van der Waals surface area contributed by atoms with Crippen LogP contribution in [0.15, 0.2) is 18.2 Å². The van der Waals surface area contributed by atoms with Crippen LogP contribution < -0.4 is 10.1 Å². The lowest BCUT2D eigenvalue weighted by Gasteiger charge is -2.34. The fraction of sp³-hybridized carbons (Fsp3) is 0.571. The average molecular weight is 301 g/mol. The van der Waals surface area contributed by atoms with Crippen LogP contribution in [0.2, 0.25) is 0 Å². The first-order chi connectivity index (χ1) is 9.17. The van der Waals surface area contributed by atoms with Crippen LogP contribution >= 0.6 is 23.5 Å². The van der Waals surface area contributed by atoms with Crippen molar-refractivity contribution in [3.8, 4) is 5.75 Å². The first-order valence-electron chi connectivity index (χ1n) is 6.41. The van der Waals surface area contributed by atoms with Gasteiger partial charge < -0.3 is 10.1 Å². The van der Waals surface area contributed by atoms with Gasteiger partial charge in [-0.15, -0.1) is 0 Å². The number of halogens is 1. The van der Waals surface area contributed by atoms with Crippen LogP contribution in [0.25, 0.3) is 0 Å². The highest BCUT2D eigenvalue weighted by Gasteiger charge is 2.31. The summed E-state index contributed by atoms with van der Waals surface area (Å²) in [7, 11) is 3.46. The highest BCUT2D eigenvalue weighted by atomic mass is 32.2. The van der Waals surface area contributed by atoms with Gasteiger partial charge in [0.1, 0.15) is 11.6 Å². The van der Waals surface area contributed by atoms with E-state index in [4.69, 9.17) is 4.74 Å². The Kier molecular flexibility index (Phi) is 5.42. The zero-order valence-corrected chi connectivity index (χ0v) is 13.1. The van der Waals surface area contributed by atoms with Gasteiger partial charge in [0.25, 0.3) is 0 Å². The molecule has 0 spiro atoms. The number of nitrogens with one attached hydrogen (secondary N) is 1. The van der Waals surface area contributed by atoms with Crippen LogP contribution in [0.1, 0.15) is 18.5 Å². The van der Waals surface area contributed by atoms with Crippen LogP contribution in [0.5, 0.6) is 5.75 Å². The van der Waals surface area contributed by atoms with Gasteiger partial charge in [-0.2, -0.15) is 23.5 Å². The number of methoxy groups -OCH3 is 1. The van der Waals surface area contributed by atoms with E-state index in [-0.39, 0.29) is 11.9 Å². The summed E-state index contributed by atoms with van der Waals surface area (Å²) in [6, 6.07) is 5.17. The van der Waals surface area contributed by atoms with Crippen LogP contribution in [-0.2, 0) is 0 Å². The molecule has 19 heavy (non-hydrogen) atoms. The smallest absolute Gasteiger partial charge is 0.131 e. The first kappa shape index (κ1) is 15.0. The molecule has 0 amide bonds. The summed E-state index contributed by atoms with van der Waals surface area (Å²) >= 11 is 3.91. The minimum atomic E-state index is -0.193. The molecule has 1 N–H and O–H groups in total. The predicted octanol–water partition coefficient (Wildman–Crippen LogP) is 3.33. The molecule has 1 fully saturated rings. The van der Waals surface area contributed by atoms with E-state index in [2.05, 4.69) is 12.2 Å². The van der Waals surface area contributed by atoms with Gasteiger partial charge in [-0.05, 0) is 13.1 Å². The Balaban J connectivity index is 2.25. The fourth-order valence-electron chi connectivity index (χ4n) is 2.40. The molecule has 5 heteroatoms. The second kappa shape index (κ2) is 6.86. The van der Waals surface area contributed by atoms with Crippen molar-refractivity contribution in [3.05, 3.63) is 29.6 Å². The molecule has 1 saturated heterocycles. The number of ether oxygens (including phenoxy) is 1. The molecular weight excluding hydrogens is 281 g/mol. The zero-order chi connectivity index (χ0) is 13.8. The molecule has 2 nitrogen and oxygen atoms in total. The van der Waals surface area contributed by atoms with E-state index in [1.807, 2.05) is 42.7 Å². The normalized spacial score (nSPS) is 25.1. The lowest BCUT2D eigenvalue weighted by atomic mass is 10.0. The molecule has 106 valence electrons. The van der Waals surface area contributed by atoms with Crippen molar-refractivity contribution in [1.82, 2.24) is 5.32 Å². The number of hydrogen-bond acceptors (Lipinski definition) is 4. The molecule has 0 saturated carbocycles. The van der Waals surface area contributed by atoms with Gasteiger partial charge in [-0.3, -0.25) is 0 Å². The van der Waals surface area contributed by atoms with E-state index in [0.29, 0.717) is 16.2 Å². The van der Waals surface area contributed by atoms with Crippen molar-refractivity contribution in [2.75, 3.05) is 25.7 Å². The van der Waals surface area contributed by atoms with Crippen molar-refractivity contribution >= 4 is 23.5 Å². The van der Waals surface area contributed by atoms with E-state index in [9.17, 15) is 4.39 Å². The summed E-state index contributed by atoms with van der Waals surface area (Å²) in [5.74, 6) is 2.69. The fourth-order valence-corrected chi connectivity index (χ4v) is 5.38. The molecule has 0 aromatic heterocycles. The van der Waals surface area contributed by atoms with Gasteiger partial charge in [0.2, 0.25) is 0 Å². The van der Waals surface area contributed by atoms with Crippen LogP contribution in [0, 0.1) is 5.82 Å². The number of thioether (sulfide) groups is 2. The van der Waals surface area contributed by atoms with Gasteiger partial charge in [-0.25, -0.2) is 4.39 Å². The topological polar surface area (TPSA) is 21.3 Å². The molecular formula is C14H20FNOS2. The Morgan fingerprint density at radius 2 is 2.11 bits per heavy atom. The quantitative estimate of drug-likeness (QED) is 0.920. The Bertz CT molecular complexity index is 430. The second-order valence-corrected chi connectivity index (χ2v) is 7.34. The van der Waals surface area contributed by atoms with Crippen molar-refractivity contribution in [2.45, 2.75) is 23.5 Å². The SMILES string of the molecule is CNC(c1ccc(OC)cc1F)C1SCCSC1C. The lowest BCUT2D eigenvalue weighted by molar-refractivity contribution is 0.409. The van der Waals surface area contributed by atoms with Crippen molar-refractivity contribution in [1.29, 1.82) is 0 Å². The molecule has 0 aliphatic carbocycles. The third kappa shape index (κ3) is 3.38. The standard InChI is InChI=1S/C14H20FNOS2/c1-9-14(19-7-6-18-9)13(16-2)11-5-4-10(17-3)8-12(11)15/h4-5,8-9,13-14,16H,6-7H2,1-3H3. The summed E-state index contributed by atoms with van der Waals surface area (Å²) in [6.45, 7) is 2.23. The van der Waals surface area contributed by atoms with Crippen LogP contribution in [0.4, 0.5) is 4.39 Å².